The molecular weight excluding hydrogens is 470 g/mol. The van der Waals surface area contributed by atoms with Gasteiger partial charge in [0.15, 0.2) is 0 Å². The van der Waals surface area contributed by atoms with E-state index in [2.05, 4.69) is 75.5 Å². The van der Waals surface area contributed by atoms with Crippen molar-refractivity contribution < 1.29 is 4.74 Å². The largest absolute Gasteiger partial charge is 0.368 e. The summed E-state index contributed by atoms with van der Waals surface area (Å²) in [6.07, 6.45) is 1.47. The first-order valence-corrected chi connectivity index (χ1v) is 16.1. The number of benzene rings is 1. The SMILES string of the molecule is CCC1CN2CC2C2=C1C(C)C1=C(C2C)C2SCC1C1=C2C(C)C2=C(C1C)C1COC2c2ccccc21. The Labute approximate surface area is 226 Å². The second kappa shape index (κ2) is 7.34. The van der Waals surface area contributed by atoms with Gasteiger partial charge in [-0.3, -0.25) is 4.90 Å². The number of hydrogen-bond donors (Lipinski definition) is 0. The van der Waals surface area contributed by atoms with Crippen molar-refractivity contribution in [2.45, 2.75) is 64.4 Å². The predicted molar refractivity (Wildman–Crippen MR) is 152 cm³/mol. The van der Waals surface area contributed by atoms with Gasteiger partial charge in [-0.2, -0.15) is 0 Å². The summed E-state index contributed by atoms with van der Waals surface area (Å²) in [6.45, 7) is 16.2. The van der Waals surface area contributed by atoms with Crippen molar-refractivity contribution in [3.8, 4) is 0 Å². The number of fused-ring (bicyclic) bond motifs is 4. The average molecular weight is 510 g/mol. The predicted octanol–water partition coefficient (Wildman–Crippen LogP) is 7.08. The molecular formula is C34H39NOS. The highest BCUT2D eigenvalue weighted by atomic mass is 32.2. The van der Waals surface area contributed by atoms with Gasteiger partial charge in [0, 0.05) is 53.8 Å². The van der Waals surface area contributed by atoms with Gasteiger partial charge in [-0.25, -0.2) is 0 Å². The summed E-state index contributed by atoms with van der Waals surface area (Å²) in [5.74, 6) is 5.48. The number of thioether (sulfide) groups is 1. The smallest absolute Gasteiger partial charge is 0.105 e. The number of hydrogen-bond acceptors (Lipinski definition) is 3. The number of nitrogens with zero attached hydrogens (tertiary/aromatic N) is 1. The van der Waals surface area contributed by atoms with Crippen molar-refractivity contribution in [1.82, 2.24) is 4.90 Å². The molecule has 0 radical (unpaired) electrons. The van der Waals surface area contributed by atoms with Gasteiger partial charge in [0.1, 0.15) is 6.10 Å². The maximum Gasteiger partial charge on any atom is 0.105 e. The van der Waals surface area contributed by atoms with Crippen LogP contribution >= 0.6 is 11.8 Å². The first kappa shape index (κ1) is 22.3. The molecule has 1 saturated heterocycles. The first-order valence-electron chi connectivity index (χ1n) is 15.0. The monoisotopic (exact) mass is 509 g/mol. The summed E-state index contributed by atoms with van der Waals surface area (Å²) < 4.78 is 6.60. The van der Waals surface area contributed by atoms with E-state index in [-0.39, 0.29) is 6.10 Å². The Morgan fingerprint density at radius 3 is 2.16 bits per heavy atom. The van der Waals surface area contributed by atoms with E-state index in [4.69, 9.17) is 4.74 Å². The van der Waals surface area contributed by atoms with Crippen molar-refractivity contribution in [2.24, 2.45) is 35.5 Å². The van der Waals surface area contributed by atoms with Crippen molar-refractivity contribution in [3.63, 3.8) is 0 Å². The van der Waals surface area contributed by atoms with Gasteiger partial charge in [0.2, 0.25) is 0 Å². The normalized spacial score (nSPS) is 46.4. The highest BCUT2D eigenvalue weighted by Crippen LogP contribution is 2.67. The Morgan fingerprint density at radius 2 is 1.41 bits per heavy atom. The third-order valence-electron chi connectivity index (χ3n) is 12.0. The minimum absolute atomic E-state index is 0.169. The maximum atomic E-state index is 6.60. The molecule has 11 rings (SSSR count). The molecule has 1 fully saturated rings. The average Bonchev–Trinajstić information content (AvgIpc) is 3.72. The number of rotatable bonds is 1. The fourth-order valence-electron chi connectivity index (χ4n) is 10.6. The van der Waals surface area contributed by atoms with Crippen LogP contribution in [0, 0.1) is 35.5 Å². The number of allylic oxidation sites excluding steroid dienone is 2. The van der Waals surface area contributed by atoms with Crippen molar-refractivity contribution in [3.05, 3.63) is 80.0 Å². The van der Waals surface area contributed by atoms with Gasteiger partial charge in [0.05, 0.1) is 6.61 Å². The zero-order valence-electron chi connectivity index (χ0n) is 22.9. The Kier molecular flexibility index (Phi) is 4.42. The van der Waals surface area contributed by atoms with E-state index in [0.717, 1.165) is 18.6 Å². The summed E-state index contributed by atoms with van der Waals surface area (Å²) in [5.41, 5.74) is 17.5. The molecule has 1 aromatic rings. The van der Waals surface area contributed by atoms with E-state index in [1.54, 1.807) is 22.3 Å². The molecule has 10 aliphatic rings. The summed E-state index contributed by atoms with van der Waals surface area (Å²) in [4.78, 5) is 2.76. The Morgan fingerprint density at radius 1 is 0.757 bits per heavy atom. The quantitative estimate of drug-likeness (QED) is 0.296. The molecule has 0 aromatic heterocycles. The molecule has 37 heavy (non-hydrogen) atoms. The lowest BCUT2D eigenvalue weighted by molar-refractivity contribution is 0.0316. The lowest BCUT2D eigenvalue weighted by Gasteiger charge is -2.58. The van der Waals surface area contributed by atoms with Gasteiger partial charge in [-0.05, 0) is 57.6 Å². The number of ether oxygens (including phenoxy) is 1. The molecule has 0 saturated carbocycles. The molecule has 11 unspecified atom stereocenters. The van der Waals surface area contributed by atoms with Gasteiger partial charge >= 0.3 is 0 Å². The van der Waals surface area contributed by atoms with Crippen LogP contribution in [0.1, 0.15) is 64.2 Å². The highest BCUT2D eigenvalue weighted by molar-refractivity contribution is 8.00. The van der Waals surface area contributed by atoms with E-state index >= 15 is 0 Å². The van der Waals surface area contributed by atoms with Crippen molar-refractivity contribution in [1.29, 1.82) is 0 Å². The second-order valence-corrected chi connectivity index (χ2v) is 14.4. The van der Waals surface area contributed by atoms with Crippen LogP contribution in [0.3, 0.4) is 0 Å². The topological polar surface area (TPSA) is 12.2 Å². The standard InChI is InChI=1S/C34H39NOS/c1-6-19-11-35-12-24(35)29-17(4)31-27(15(2)25(19)29)23-14-37-34(31)32-18(5)30-26(16(3)28(23)32)22-13-36-33(30)21-10-8-7-9-20(21)22/h7-10,15-19,22-24,33-34H,6,11-14H2,1-5H3. The van der Waals surface area contributed by atoms with Crippen LogP contribution in [0.2, 0.25) is 0 Å². The van der Waals surface area contributed by atoms with Crippen LogP contribution in [0.5, 0.6) is 0 Å². The lowest BCUT2D eigenvalue weighted by Crippen LogP contribution is -2.49. The molecule has 6 heterocycles. The summed E-state index contributed by atoms with van der Waals surface area (Å²) >= 11 is 2.29. The van der Waals surface area contributed by atoms with Crippen LogP contribution in [0.15, 0.2) is 68.9 Å². The Balaban J connectivity index is 1.18. The van der Waals surface area contributed by atoms with Crippen LogP contribution in [-0.2, 0) is 4.74 Å². The van der Waals surface area contributed by atoms with Gasteiger partial charge in [-0.1, -0.05) is 81.2 Å². The molecule has 11 atom stereocenters. The molecule has 4 bridgehead atoms. The van der Waals surface area contributed by atoms with Gasteiger partial charge in [-0.15, -0.1) is 11.8 Å². The summed E-state index contributed by atoms with van der Waals surface area (Å²) in [5, 5.41) is 0.581. The minimum Gasteiger partial charge on any atom is -0.368 e. The van der Waals surface area contributed by atoms with Crippen LogP contribution in [-0.4, -0.2) is 41.6 Å². The fraction of sp³-hybridized carbons (Fsp3) is 0.588. The van der Waals surface area contributed by atoms with Crippen LogP contribution in [0.25, 0.3) is 0 Å². The third-order valence-corrected chi connectivity index (χ3v) is 13.4. The molecule has 3 heteroatoms. The van der Waals surface area contributed by atoms with Gasteiger partial charge in [0.25, 0.3) is 0 Å². The molecule has 0 amide bonds. The lowest BCUT2D eigenvalue weighted by atomic mass is 9.54. The molecule has 2 nitrogen and oxygen atoms in total. The Bertz CT molecular complexity index is 1390. The third kappa shape index (κ3) is 2.54. The molecule has 0 spiro atoms. The zero-order valence-corrected chi connectivity index (χ0v) is 23.7. The minimum atomic E-state index is 0.169. The second-order valence-electron chi connectivity index (χ2n) is 13.3. The van der Waals surface area contributed by atoms with E-state index in [0.29, 0.717) is 40.8 Å². The van der Waals surface area contributed by atoms with E-state index in [1.165, 1.54) is 30.8 Å². The highest BCUT2D eigenvalue weighted by Gasteiger charge is 2.58. The first-order chi connectivity index (χ1) is 18.0. The summed E-state index contributed by atoms with van der Waals surface area (Å²) in [7, 11) is 0. The molecule has 0 N–H and O–H groups in total. The maximum absolute atomic E-state index is 6.60. The van der Waals surface area contributed by atoms with Crippen LogP contribution in [0.4, 0.5) is 0 Å². The van der Waals surface area contributed by atoms with Crippen LogP contribution < -0.4 is 0 Å². The summed E-state index contributed by atoms with van der Waals surface area (Å²) in [6, 6.07) is 9.93. The molecule has 1 aromatic carbocycles. The molecule has 6 aliphatic heterocycles. The van der Waals surface area contributed by atoms with Crippen molar-refractivity contribution >= 4 is 11.8 Å². The van der Waals surface area contributed by atoms with Crippen molar-refractivity contribution in [2.75, 3.05) is 25.4 Å². The molecule has 4 aliphatic carbocycles. The van der Waals surface area contributed by atoms with Gasteiger partial charge < -0.3 is 4.74 Å². The Hall–Kier alpha value is -1.55. The molecule has 192 valence electrons. The zero-order chi connectivity index (χ0) is 24.9. The van der Waals surface area contributed by atoms with E-state index in [1.807, 2.05) is 27.9 Å². The fourth-order valence-corrected chi connectivity index (χ4v) is 12.4. The van der Waals surface area contributed by atoms with E-state index < -0.39 is 0 Å². The van der Waals surface area contributed by atoms with E-state index in [9.17, 15) is 0 Å².